The first-order chi connectivity index (χ1) is 15.2. The van der Waals surface area contributed by atoms with Gasteiger partial charge in [0.1, 0.15) is 5.82 Å². The van der Waals surface area contributed by atoms with E-state index in [4.69, 9.17) is 16.7 Å². The molecule has 152 valence electrons. The van der Waals surface area contributed by atoms with E-state index >= 15 is 0 Å². The maximum atomic E-state index is 14.0. The van der Waals surface area contributed by atoms with Crippen LogP contribution in [0.3, 0.4) is 0 Å². The number of rotatable bonds is 4. The summed E-state index contributed by atoms with van der Waals surface area (Å²) in [4.78, 5) is 0. The van der Waals surface area contributed by atoms with Gasteiger partial charge in [-0.2, -0.15) is 5.10 Å². The van der Waals surface area contributed by atoms with Gasteiger partial charge in [-0.05, 0) is 35.9 Å². The molecule has 0 spiro atoms. The molecule has 4 nitrogen and oxygen atoms in total. The van der Waals surface area contributed by atoms with Gasteiger partial charge in [0.2, 0.25) is 0 Å². The number of benzene rings is 3. The van der Waals surface area contributed by atoms with E-state index in [0.717, 1.165) is 28.1 Å². The first kappa shape index (κ1) is 19.4. The average Bonchev–Trinajstić information content (AvgIpc) is 3.25. The Morgan fingerprint density at radius 1 is 0.839 bits per heavy atom. The highest BCUT2D eigenvalue weighted by atomic mass is 35.5. The SMILES string of the molecule is Fc1cccc(C2CC(c3ccccc3Cl)=NN2c2ccc(-c3ccccc3)nn2)c1. The highest BCUT2D eigenvalue weighted by Crippen LogP contribution is 2.37. The van der Waals surface area contributed by atoms with E-state index in [2.05, 4.69) is 10.2 Å². The molecule has 3 aromatic carbocycles. The van der Waals surface area contributed by atoms with Crippen LogP contribution in [0.1, 0.15) is 23.6 Å². The van der Waals surface area contributed by atoms with Gasteiger partial charge in [0, 0.05) is 22.6 Å². The van der Waals surface area contributed by atoms with Crippen molar-refractivity contribution in [2.24, 2.45) is 5.10 Å². The van der Waals surface area contributed by atoms with Gasteiger partial charge in [-0.3, -0.25) is 0 Å². The average molecular weight is 429 g/mol. The Labute approximate surface area is 184 Å². The Morgan fingerprint density at radius 2 is 1.65 bits per heavy atom. The molecule has 1 atom stereocenters. The number of halogens is 2. The minimum Gasteiger partial charge on any atom is -0.238 e. The maximum absolute atomic E-state index is 14.0. The highest BCUT2D eigenvalue weighted by molar-refractivity contribution is 6.34. The standard InChI is InChI=1S/C25H18ClFN4/c26-21-12-5-4-11-20(21)23-16-24(18-9-6-10-19(27)15-18)31(30-23)25-14-13-22(28-29-25)17-7-2-1-3-8-17/h1-15,24H,16H2. The summed E-state index contributed by atoms with van der Waals surface area (Å²) in [5, 5.41) is 16.1. The zero-order chi connectivity index (χ0) is 21.2. The summed E-state index contributed by atoms with van der Waals surface area (Å²) in [7, 11) is 0. The minimum absolute atomic E-state index is 0.209. The van der Waals surface area contributed by atoms with Crippen molar-refractivity contribution in [3.63, 3.8) is 0 Å². The Hall–Kier alpha value is -3.57. The van der Waals surface area contributed by atoms with Crippen molar-refractivity contribution in [3.05, 3.63) is 113 Å². The third kappa shape index (κ3) is 3.92. The molecule has 5 rings (SSSR count). The van der Waals surface area contributed by atoms with Crippen molar-refractivity contribution in [1.82, 2.24) is 10.2 Å². The topological polar surface area (TPSA) is 41.4 Å². The van der Waals surface area contributed by atoms with Gasteiger partial charge in [0.25, 0.3) is 0 Å². The van der Waals surface area contributed by atoms with Crippen molar-refractivity contribution in [2.75, 3.05) is 5.01 Å². The molecule has 0 fully saturated rings. The van der Waals surface area contributed by atoms with E-state index in [9.17, 15) is 4.39 Å². The molecule has 1 aliphatic rings. The predicted octanol–water partition coefficient (Wildman–Crippen LogP) is 6.29. The largest absolute Gasteiger partial charge is 0.238 e. The maximum Gasteiger partial charge on any atom is 0.172 e. The van der Waals surface area contributed by atoms with Gasteiger partial charge in [0.05, 0.1) is 17.4 Å². The fourth-order valence-corrected chi connectivity index (χ4v) is 4.01. The summed E-state index contributed by atoms with van der Waals surface area (Å²) in [6.07, 6.45) is 0.579. The third-order valence-electron chi connectivity index (χ3n) is 5.28. The molecule has 0 radical (unpaired) electrons. The van der Waals surface area contributed by atoms with Gasteiger partial charge in [-0.25, -0.2) is 9.40 Å². The van der Waals surface area contributed by atoms with Gasteiger partial charge in [-0.15, -0.1) is 10.2 Å². The molecule has 1 aliphatic heterocycles. The van der Waals surface area contributed by atoms with Crippen LogP contribution in [0.4, 0.5) is 10.2 Å². The molecule has 0 aliphatic carbocycles. The van der Waals surface area contributed by atoms with Gasteiger partial charge < -0.3 is 0 Å². The number of anilines is 1. The number of hydrazone groups is 1. The van der Waals surface area contributed by atoms with E-state index in [1.807, 2.05) is 72.8 Å². The summed E-state index contributed by atoms with van der Waals surface area (Å²) in [5.41, 5.74) is 4.28. The molecule has 31 heavy (non-hydrogen) atoms. The van der Waals surface area contributed by atoms with Crippen LogP contribution in [0.15, 0.2) is 96.1 Å². The van der Waals surface area contributed by atoms with Crippen molar-refractivity contribution in [1.29, 1.82) is 0 Å². The summed E-state index contributed by atoms with van der Waals surface area (Å²) in [6, 6.07) is 27.6. The second kappa shape index (κ2) is 8.28. The van der Waals surface area contributed by atoms with Crippen molar-refractivity contribution < 1.29 is 4.39 Å². The van der Waals surface area contributed by atoms with Gasteiger partial charge in [0.15, 0.2) is 5.82 Å². The molecule has 0 saturated heterocycles. The monoisotopic (exact) mass is 428 g/mol. The van der Waals surface area contributed by atoms with Crippen molar-refractivity contribution >= 4 is 23.1 Å². The smallest absolute Gasteiger partial charge is 0.172 e. The molecule has 2 heterocycles. The van der Waals surface area contributed by atoms with Crippen LogP contribution >= 0.6 is 11.6 Å². The van der Waals surface area contributed by atoms with Crippen LogP contribution in [0.5, 0.6) is 0 Å². The third-order valence-corrected chi connectivity index (χ3v) is 5.61. The molecule has 6 heteroatoms. The predicted molar refractivity (Wildman–Crippen MR) is 122 cm³/mol. The highest BCUT2D eigenvalue weighted by Gasteiger charge is 2.32. The Morgan fingerprint density at radius 3 is 2.39 bits per heavy atom. The lowest BCUT2D eigenvalue weighted by molar-refractivity contribution is 0.617. The second-order valence-electron chi connectivity index (χ2n) is 7.29. The fourth-order valence-electron chi connectivity index (χ4n) is 3.76. The molecule has 0 bridgehead atoms. The first-order valence-electron chi connectivity index (χ1n) is 9.95. The molecule has 4 aromatic rings. The second-order valence-corrected chi connectivity index (χ2v) is 7.70. The molecular formula is C25H18ClFN4. The van der Waals surface area contributed by atoms with Gasteiger partial charge >= 0.3 is 0 Å². The quantitative estimate of drug-likeness (QED) is 0.383. The van der Waals surface area contributed by atoms with Crippen LogP contribution in [-0.4, -0.2) is 15.9 Å². The number of nitrogens with zero attached hydrogens (tertiary/aromatic N) is 4. The van der Waals surface area contributed by atoms with Crippen molar-refractivity contribution in [2.45, 2.75) is 12.5 Å². The van der Waals surface area contributed by atoms with Crippen LogP contribution in [-0.2, 0) is 0 Å². The normalized spacial score (nSPS) is 15.7. The molecule has 0 saturated carbocycles. The molecule has 1 aromatic heterocycles. The first-order valence-corrected chi connectivity index (χ1v) is 10.3. The summed E-state index contributed by atoms with van der Waals surface area (Å²) >= 11 is 6.42. The van der Waals surface area contributed by atoms with E-state index in [0.29, 0.717) is 17.3 Å². The Kier molecular flexibility index (Phi) is 5.18. The molecule has 0 amide bonds. The lowest BCUT2D eigenvalue weighted by Crippen LogP contribution is -2.20. The Balaban J connectivity index is 1.54. The van der Waals surface area contributed by atoms with E-state index in [1.165, 1.54) is 12.1 Å². The summed E-state index contributed by atoms with van der Waals surface area (Å²) in [6.45, 7) is 0. The van der Waals surface area contributed by atoms with E-state index < -0.39 is 0 Å². The van der Waals surface area contributed by atoms with Gasteiger partial charge in [-0.1, -0.05) is 72.3 Å². The lowest BCUT2D eigenvalue weighted by atomic mass is 9.98. The van der Waals surface area contributed by atoms with Crippen LogP contribution in [0, 0.1) is 5.82 Å². The lowest BCUT2D eigenvalue weighted by Gasteiger charge is -2.22. The molecule has 1 unspecified atom stereocenters. The van der Waals surface area contributed by atoms with Crippen LogP contribution in [0.2, 0.25) is 5.02 Å². The van der Waals surface area contributed by atoms with Crippen LogP contribution < -0.4 is 5.01 Å². The Bertz CT molecular complexity index is 1240. The van der Waals surface area contributed by atoms with E-state index in [-0.39, 0.29) is 11.9 Å². The van der Waals surface area contributed by atoms with E-state index in [1.54, 1.807) is 11.1 Å². The number of hydrogen-bond acceptors (Lipinski definition) is 4. The fraction of sp³-hybridized carbons (Fsp3) is 0.0800. The van der Waals surface area contributed by atoms with Crippen LogP contribution in [0.25, 0.3) is 11.3 Å². The molecule has 0 N–H and O–H groups in total. The zero-order valence-corrected chi connectivity index (χ0v) is 17.2. The summed E-state index contributed by atoms with van der Waals surface area (Å²) in [5.74, 6) is 0.310. The van der Waals surface area contributed by atoms with Crippen molar-refractivity contribution in [3.8, 4) is 11.3 Å². The zero-order valence-electron chi connectivity index (χ0n) is 16.5. The number of hydrogen-bond donors (Lipinski definition) is 0. The number of aromatic nitrogens is 2. The minimum atomic E-state index is -0.283. The summed E-state index contributed by atoms with van der Waals surface area (Å²) < 4.78 is 14.0. The molecular weight excluding hydrogens is 411 g/mol.